The zero-order valence-electron chi connectivity index (χ0n) is 14.9. The first kappa shape index (κ1) is 17.2. The predicted molar refractivity (Wildman–Crippen MR) is 89.7 cm³/mol. The van der Waals surface area contributed by atoms with E-state index in [4.69, 9.17) is 4.74 Å². The Hall–Kier alpha value is -1.67. The third kappa shape index (κ3) is 3.70. The van der Waals surface area contributed by atoms with Crippen molar-refractivity contribution in [2.45, 2.75) is 25.3 Å². The maximum absolute atomic E-state index is 12.7. The number of urea groups is 1. The average molecular weight is 336 g/mol. The molecule has 0 saturated carbocycles. The van der Waals surface area contributed by atoms with E-state index < -0.39 is 0 Å². The second-order valence-corrected chi connectivity index (χ2v) is 6.94. The molecule has 24 heavy (non-hydrogen) atoms. The molecule has 3 heterocycles. The standard InChI is InChI=1S/C16H28N6O2/c1-19(2)12-14-17-18-15(20(14)3)13-5-4-6-22(11-13)16(23)21-7-9-24-10-8-21/h13H,4-12H2,1-3H3. The SMILES string of the molecule is CN(C)Cc1nnc(C2CCCN(C(=O)N3CCOCC3)C2)n1C. The van der Waals surface area contributed by atoms with Crippen LogP contribution < -0.4 is 0 Å². The van der Waals surface area contributed by atoms with E-state index in [0.717, 1.165) is 44.1 Å². The van der Waals surface area contributed by atoms with Crippen LogP contribution in [0.25, 0.3) is 0 Å². The van der Waals surface area contributed by atoms with Crippen molar-refractivity contribution in [3.05, 3.63) is 11.6 Å². The zero-order valence-corrected chi connectivity index (χ0v) is 14.9. The molecule has 0 aliphatic carbocycles. The summed E-state index contributed by atoms with van der Waals surface area (Å²) in [5, 5.41) is 8.75. The molecule has 0 N–H and O–H groups in total. The van der Waals surface area contributed by atoms with Crippen molar-refractivity contribution in [3.8, 4) is 0 Å². The molecule has 3 rings (SSSR count). The number of carbonyl (C=O) groups excluding carboxylic acids is 1. The molecule has 0 bridgehead atoms. The fraction of sp³-hybridized carbons (Fsp3) is 0.812. The van der Waals surface area contributed by atoms with Crippen molar-refractivity contribution in [2.75, 3.05) is 53.5 Å². The lowest BCUT2D eigenvalue weighted by Crippen LogP contribution is -2.50. The number of aromatic nitrogens is 3. The monoisotopic (exact) mass is 336 g/mol. The van der Waals surface area contributed by atoms with Crippen LogP contribution in [0.2, 0.25) is 0 Å². The van der Waals surface area contributed by atoms with Gasteiger partial charge in [0.1, 0.15) is 11.6 Å². The Kier molecular flexibility index (Phi) is 5.35. The maximum Gasteiger partial charge on any atom is 0.320 e. The van der Waals surface area contributed by atoms with E-state index in [1.54, 1.807) is 0 Å². The van der Waals surface area contributed by atoms with Crippen LogP contribution >= 0.6 is 0 Å². The van der Waals surface area contributed by atoms with Crippen LogP contribution in [0.5, 0.6) is 0 Å². The van der Waals surface area contributed by atoms with Crippen LogP contribution in [0.15, 0.2) is 0 Å². The number of ether oxygens (including phenoxy) is 1. The molecule has 2 fully saturated rings. The molecule has 1 aromatic heterocycles. The number of piperidine rings is 1. The Morgan fingerprint density at radius 1 is 1.21 bits per heavy atom. The molecular formula is C16H28N6O2. The Balaban J connectivity index is 1.67. The summed E-state index contributed by atoms with van der Waals surface area (Å²) in [5.74, 6) is 2.22. The van der Waals surface area contributed by atoms with Gasteiger partial charge in [-0.1, -0.05) is 0 Å². The van der Waals surface area contributed by atoms with E-state index in [1.807, 2.05) is 30.9 Å². The number of likely N-dealkylation sites (tertiary alicyclic amines) is 1. The molecule has 0 radical (unpaired) electrons. The van der Waals surface area contributed by atoms with E-state index in [1.165, 1.54) is 0 Å². The van der Waals surface area contributed by atoms with Gasteiger partial charge in [-0.15, -0.1) is 10.2 Å². The maximum atomic E-state index is 12.7. The summed E-state index contributed by atoms with van der Waals surface area (Å²) < 4.78 is 7.43. The van der Waals surface area contributed by atoms with Gasteiger partial charge < -0.3 is 24.0 Å². The topological polar surface area (TPSA) is 66.7 Å². The van der Waals surface area contributed by atoms with Gasteiger partial charge in [0.05, 0.1) is 19.8 Å². The quantitative estimate of drug-likeness (QED) is 0.804. The number of carbonyl (C=O) groups is 1. The molecule has 2 aliphatic heterocycles. The Bertz CT molecular complexity index is 567. The van der Waals surface area contributed by atoms with Gasteiger partial charge >= 0.3 is 6.03 Å². The summed E-state index contributed by atoms with van der Waals surface area (Å²) >= 11 is 0. The molecule has 2 aliphatic rings. The molecule has 0 aromatic carbocycles. The van der Waals surface area contributed by atoms with Gasteiger partial charge in [0.25, 0.3) is 0 Å². The number of hydrogen-bond donors (Lipinski definition) is 0. The van der Waals surface area contributed by atoms with Crippen molar-refractivity contribution < 1.29 is 9.53 Å². The lowest BCUT2D eigenvalue weighted by molar-refractivity contribution is 0.0407. The minimum atomic E-state index is 0.138. The van der Waals surface area contributed by atoms with Crippen LogP contribution in [0.3, 0.4) is 0 Å². The highest BCUT2D eigenvalue weighted by Crippen LogP contribution is 2.26. The van der Waals surface area contributed by atoms with E-state index in [-0.39, 0.29) is 11.9 Å². The Morgan fingerprint density at radius 3 is 2.67 bits per heavy atom. The first-order valence-electron chi connectivity index (χ1n) is 8.70. The van der Waals surface area contributed by atoms with Crippen molar-refractivity contribution in [2.24, 2.45) is 7.05 Å². The van der Waals surface area contributed by atoms with Crippen molar-refractivity contribution in [1.82, 2.24) is 29.5 Å². The van der Waals surface area contributed by atoms with Gasteiger partial charge in [0, 0.05) is 39.1 Å². The summed E-state index contributed by atoms with van der Waals surface area (Å²) in [6.07, 6.45) is 2.07. The van der Waals surface area contributed by atoms with E-state index in [9.17, 15) is 4.79 Å². The lowest BCUT2D eigenvalue weighted by atomic mass is 9.97. The molecule has 2 saturated heterocycles. The minimum absolute atomic E-state index is 0.138. The number of morpholine rings is 1. The zero-order chi connectivity index (χ0) is 17.1. The van der Waals surface area contributed by atoms with E-state index in [2.05, 4.69) is 19.7 Å². The molecule has 0 spiro atoms. The molecule has 134 valence electrons. The van der Waals surface area contributed by atoms with Gasteiger partial charge in [-0.3, -0.25) is 0 Å². The average Bonchev–Trinajstić information content (AvgIpc) is 2.95. The number of amides is 2. The smallest absolute Gasteiger partial charge is 0.320 e. The second kappa shape index (κ2) is 7.48. The number of hydrogen-bond acceptors (Lipinski definition) is 5. The molecule has 2 amide bonds. The first-order chi connectivity index (χ1) is 11.6. The molecule has 8 heteroatoms. The highest BCUT2D eigenvalue weighted by atomic mass is 16.5. The van der Waals surface area contributed by atoms with Gasteiger partial charge in [-0.05, 0) is 26.9 Å². The van der Waals surface area contributed by atoms with Gasteiger partial charge in [0.2, 0.25) is 0 Å². The fourth-order valence-electron chi connectivity index (χ4n) is 3.47. The van der Waals surface area contributed by atoms with Crippen LogP contribution in [0, 0.1) is 0 Å². The molecule has 1 unspecified atom stereocenters. The second-order valence-electron chi connectivity index (χ2n) is 6.94. The van der Waals surface area contributed by atoms with Crippen LogP contribution in [0.4, 0.5) is 4.79 Å². The van der Waals surface area contributed by atoms with Gasteiger partial charge in [0.15, 0.2) is 0 Å². The van der Waals surface area contributed by atoms with Crippen LogP contribution in [-0.2, 0) is 18.3 Å². The van der Waals surface area contributed by atoms with Gasteiger partial charge in [-0.25, -0.2) is 4.79 Å². The normalized spacial score (nSPS) is 22.2. The fourth-order valence-corrected chi connectivity index (χ4v) is 3.47. The summed E-state index contributed by atoms with van der Waals surface area (Å²) in [7, 11) is 6.08. The molecule has 8 nitrogen and oxygen atoms in total. The third-order valence-corrected chi connectivity index (χ3v) is 4.80. The molecule has 1 atom stereocenters. The van der Waals surface area contributed by atoms with E-state index in [0.29, 0.717) is 26.3 Å². The van der Waals surface area contributed by atoms with Crippen LogP contribution in [-0.4, -0.2) is 89.0 Å². The predicted octanol–water partition coefficient (Wildman–Crippen LogP) is 0.508. The summed E-state index contributed by atoms with van der Waals surface area (Å²) in [6.45, 7) is 4.99. The van der Waals surface area contributed by atoms with Gasteiger partial charge in [-0.2, -0.15) is 0 Å². The van der Waals surface area contributed by atoms with E-state index >= 15 is 0 Å². The summed E-state index contributed by atoms with van der Waals surface area (Å²) in [4.78, 5) is 18.7. The highest BCUT2D eigenvalue weighted by Gasteiger charge is 2.31. The summed E-state index contributed by atoms with van der Waals surface area (Å²) in [5.41, 5.74) is 0. The Morgan fingerprint density at radius 2 is 1.96 bits per heavy atom. The Labute approximate surface area is 143 Å². The van der Waals surface area contributed by atoms with Crippen molar-refractivity contribution in [1.29, 1.82) is 0 Å². The molecule has 1 aromatic rings. The van der Waals surface area contributed by atoms with Crippen LogP contribution in [0.1, 0.15) is 30.4 Å². The summed E-state index contributed by atoms with van der Waals surface area (Å²) in [6, 6.07) is 0.138. The third-order valence-electron chi connectivity index (χ3n) is 4.80. The lowest BCUT2D eigenvalue weighted by Gasteiger charge is -2.37. The number of nitrogens with zero attached hydrogens (tertiary/aromatic N) is 6. The minimum Gasteiger partial charge on any atom is -0.378 e. The van der Waals surface area contributed by atoms with Crippen molar-refractivity contribution >= 4 is 6.03 Å². The first-order valence-corrected chi connectivity index (χ1v) is 8.70. The highest BCUT2D eigenvalue weighted by molar-refractivity contribution is 5.74. The molecular weight excluding hydrogens is 308 g/mol. The largest absolute Gasteiger partial charge is 0.378 e. The number of rotatable bonds is 3. The van der Waals surface area contributed by atoms with Crippen molar-refractivity contribution in [3.63, 3.8) is 0 Å².